The smallest absolute Gasteiger partial charge is 0.410 e. The lowest BCUT2D eigenvalue weighted by Crippen LogP contribution is -2.53. The molecule has 0 aromatic rings. The third-order valence-electron chi connectivity index (χ3n) is 3.68. The first-order valence-corrected chi connectivity index (χ1v) is 7.11. The van der Waals surface area contributed by atoms with Gasteiger partial charge in [-0.3, -0.25) is 4.79 Å². The van der Waals surface area contributed by atoms with Crippen LogP contribution >= 0.6 is 0 Å². The second-order valence-electron chi connectivity index (χ2n) is 6.45. The maximum atomic E-state index is 12.1. The van der Waals surface area contributed by atoms with Crippen LogP contribution in [-0.4, -0.2) is 48.1 Å². The molecular formula is C14H24N2O3. The third kappa shape index (κ3) is 3.69. The molecule has 5 heteroatoms. The van der Waals surface area contributed by atoms with Crippen LogP contribution in [-0.2, 0) is 9.53 Å². The summed E-state index contributed by atoms with van der Waals surface area (Å²) in [4.78, 5) is 25.8. The number of carbonyl (C=O) groups excluding carboxylic acids is 2. The normalized spacial score (nSPS) is 28.6. The number of ketones is 1. The van der Waals surface area contributed by atoms with E-state index in [2.05, 4.69) is 5.32 Å². The standard InChI is InChI=1S/C14H24N2O3/c1-14(2,3)19-13(18)16-8-6-11-10(9-16)12(17)5-4-7-15-11/h10-11,15H,4-9H2,1-3H3. The lowest BCUT2D eigenvalue weighted by molar-refractivity contribution is -0.124. The number of hydrogen-bond acceptors (Lipinski definition) is 4. The summed E-state index contributed by atoms with van der Waals surface area (Å²) in [5.74, 6) is 0.215. The minimum absolute atomic E-state index is 0.0660. The van der Waals surface area contributed by atoms with E-state index in [4.69, 9.17) is 4.74 Å². The number of Topliss-reactive ketones (excluding diaryl/α,β-unsaturated/α-hetero) is 1. The first-order chi connectivity index (χ1) is 8.87. The Morgan fingerprint density at radius 1 is 1.42 bits per heavy atom. The van der Waals surface area contributed by atoms with Crippen molar-refractivity contribution in [2.45, 2.75) is 51.7 Å². The second kappa shape index (κ2) is 5.49. The summed E-state index contributed by atoms with van der Waals surface area (Å²) in [6.45, 7) is 7.63. The number of nitrogens with one attached hydrogen (secondary N) is 1. The highest BCUT2D eigenvalue weighted by Gasteiger charge is 2.37. The molecular weight excluding hydrogens is 244 g/mol. The number of amides is 1. The van der Waals surface area contributed by atoms with Gasteiger partial charge in [0.2, 0.25) is 0 Å². The van der Waals surface area contributed by atoms with E-state index in [1.54, 1.807) is 4.90 Å². The number of hydrogen-bond donors (Lipinski definition) is 1. The molecule has 2 fully saturated rings. The van der Waals surface area contributed by atoms with E-state index in [0.717, 1.165) is 19.4 Å². The number of piperidine rings is 1. The van der Waals surface area contributed by atoms with Gasteiger partial charge >= 0.3 is 6.09 Å². The van der Waals surface area contributed by atoms with Crippen LogP contribution in [0.4, 0.5) is 4.79 Å². The van der Waals surface area contributed by atoms with Crippen LogP contribution in [0.5, 0.6) is 0 Å². The largest absolute Gasteiger partial charge is 0.444 e. The van der Waals surface area contributed by atoms with Gasteiger partial charge in [0.1, 0.15) is 11.4 Å². The summed E-state index contributed by atoms with van der Waals surface area (Å²) in [5.41, 5.74) is -0.486. The van der Waals surface area contributed by atoms with Crippen molar-refractivity contribution in [2.24, 2.45) is 5.92 Å². The first kappa shape index (κ1) is 14.3. The summed E-state index contributed by atoms with van der Waals surface area (Å²) in [6, 6.07) is 0.230. The third-order valence-corrected chi connectivity index (χ3v) is 3.68. The van der Waals surface area contributed by atoms with Crippen LogP contribution < -0.4 is 5.32 Å². The van der Waals surface area contributed by atoms with Crippen molar-refractivity contribution in [3.05, 3.63) is 0 Å². The zero-order chi connectivity index (χ0) is 14.0. The van der Waals surface area contributed by atoms with Gasteiger partial charge in [-0.15, -0.1) is 0 Å². The Morgan fingerprint density at radius 2 is 2.16 bits per heavy atom. The lowest BCUT2D eigenvalue weighted by Gasteiger charge is -2.37. The summed E-state index contributed by atoms with van der Waals surface area (Å²) >= 11 is 0. The van der Waals surface area contributed by atoms with Crippen LogP contribution in [0.2, 0.25) is 0 Å². The number of carbonyl (C=O) groups is 2. The zero-order valence-corrected chi connectivity index (χ0v) is 12.1. The van der Waals surface area contributed by atoms with Crippen molar-refractivity contribution in [1.29, 1.82) is 0 Å². The molecule has 2 atom stereocenters. The summed E-state index contributed by atoms with van der Waals surface area (Å²) in [6.07, 6.45) is 2.05. The highest BCUT2D eigenvalue weighted by atomic mass is 16.6. The van der Waals surface area contributed by atoms with E-state index in [-0.39, 0.29) is 23.8 Å². The van der Waals surface area contributed by atoms with Crippen LogP contribution in [0.3, 0.4) is 0 Å². The van der Waals surface area contributed by atoms with Gasteiger partial charge in [-0.25, -0.2) is 4.79 Å². The molecule has 1 amide bonds. The van der Waals surface area contributed by atoms with E-state index in [1.165, 1.54) is 0 Å². The maximum absolute atomic E-state index is 12.1. The van der Waals surface area contributed by atoms with Crippen LogP contribution in [0, 0.1) is 5.92 Å². The fourth-order valence-electron chi connectivity index (χ4n) is 2.75. The average molecular weight is 268 g/mol. The predicted molar refractivity (Wildman–Crippen MR) is 71.9 cm³/mol. The van der Waals surface area contributed by atoms with Gasteiger partial charge in [0.15, 0.2) is 0 Å². The molecule has 5 nitrogen and oxygen atoms in total. The highest BCUT2D eigenvalue weighted by Crippen LogP contribution is 2.23. The van der Waals surface area contributed by atoms with Gasteiger partial charge in [0.05, 0.1) is 5.92 Å². The number of rotatable bonds is 0. The Bertz CT molecular complexity index is 362. The van der Waals surface area contributed by atoms with Gasteiger partial charge in [0.25, 0.3) is 0 Å². The van der Waals surface area contributed by atoms with E-state index in [9.17, 15) is 9.59 Å². The Hall–Kier alpha value is -1.10. The highest BCUT2D eigenvalue weighted by molar-refractivity contribution is 5.83. The topological polar surface area (TPSA) is 58.6 Å². The molecule has 2 unspecified atom stereocenters. The number of likely N-dealkylation sites (tertiary alicyclic amines) is 1. The molecule has 0 spiro atoms. The molecule has 0 aromatic carbocycles. The van der Waals surface area contributed by atoms with Gasteiger partial charge < -0.3 is 15.0 Å². The van der Waals surface area contributed by atoms with Crippen LogP contribution in [0.25, 0.3) is 0 Å². The van der Waals surface area contributed by atoms with Gasteiger partial charge in [-0.1, -0.05) is 0 Å². The molecule has 0 aliphatic carbocycles. The van der Waals surface area contributed by atoms with E-state index in [0.29, 0.717) is 19.5 Å². The molecule has 2 rings (SSSR count). The van der Waals surface area contributed by atoms with Crippen molar-refractivity contribution in [3.63, 3.8) is 0 Å². The Morgan fingerprint density at radius 3 is 2.84 bits per heavy atom. The molecule has 0 radical (unpaired) electrons. The summed E-state index contributed by atoms with van der Waals surface area (Å²) < 4.78 is 5.38. The number of nitrogens with zero attached hydrogens (tertiary/aromatic N) is 1. The van der Waals surface area contributed by atoms with E-state index < -0.39 is 5.60 Å². The van der Waals surface area contributed by atoms with Crippen molar-refractivity contribution in [3.8, 4) is 0 Å². The van der Waals surface area contributed by atoms with Crippen molar-refractivity contribution >= 4 is 11.9 Å². The molecule has 2 saturated heterocycles. The molecule has 2 aliphatic rings. The minimum Gasteiger partial charge on any atom is -0.444 e. The van der Waals surface area contributed by atoms with Gasteiger partial charge in [-0.2, -0.15) is 0 Å². The van der Waals surface area contributed by atoms with E-state index in [1.807, 2.05) is 20.8 Å². The van der Waals surface area contributed by atoms with Crippen molar-refractivity contribution in [2.75, 3.05) is 19.6 Å². The molecule has 19 heavy (non-hydrogen) atoms. The second-order valence-corrected chi connectivity index (χ2v) is 6.45. The number of fused-ring (bicyclic) bond motifs is 1. The first-order valence-electron chi connectivity index (χ1n) is 7.11. The Kier molecular flexibility index (Phi) is 4.13. The monoisotopic (exact) mass is 268 g/mol. The minimum atomic E-state index is -0.486. The van der Waals surface area contributed by atoms with Crippen molar-refractivity contribution in [1.82, 2.24) is 10.2 Å². The maximum Gasteiger partial charge on any atom is 0.410 e. The average Bonchev–Trinajstić information content (AvgIpc) is 2.49. The Labute approximate surface area is 114 Å². The molecule has 0 saturated carbocycles. The molecule has 108 valence electrons. The predicted octanol–water partition coefficient (Wildman–Crippen LogP) is 1.56. The lowest BCUT2D eigenvalue weighted by atomic mass is 9.88. The summed E-state index contributed by atoms with van der Waals surface area (Å²) in [5, 5.41) is 3.42. The number of ether oxygens (including phenoxy) is 1. The van der Waals surface area contributed by atoms with Crippen LogP contribution in [0.15, 0.2) is 0 Å². The van der Waals surface area contributed by atoms with Gasteiger partial charge in [-0.05, 0) is 40.2 Å². The Balaban J connectivity index is 1.99. The SMILES string of the molecule is CC(C)(C)OC(=O)N1CCC2NCCCC(=O)C2C1. The van der Waals surface area contributed by atoms with E-state index >= 15 is 0 Å². The molecule has 2 aliphatic heterocycles. The fraction of sp³-hybridized carbons (Fsp3) is 0.857. The zero-order valence-electron chi connectivity index (χ0n) is 12.1. The molecule has 0 aromatic heterocycles. The molecule has 2 heterocycles. The molecule has 0 bridgehead atoms. The quantitative estimate of drug-likeness (QED) is 0.724. The van der Waals surface area contributed by atoms with Crippen LogP contribution in [0.1, 0.15) is 40.0 Å². The van der Waals surface area contributed by atoms with Crippen molar-refractivity contribution < 1.29 is 14.3 Å². The molecule has 1 N–H and O–H groups in total. The summed E-state index contributed by atoms with van der Waals surface area (Å²) in [7, 11) is 0. The van der Waals surface area contributed by atoms with Gasteiger partial charge in [0, 0.05) is 25.6 Å². The fourth-order valence-corrected chi connectivity index (χ4v) is 2.75.